The van der Waals surface area contributed by atoms with Gasteiger partial charge < -0.3 is 10.2 Å². The molecule has 35 heavy (non-hydrogen) atoms. The second-order valence-corrected chi connectivity index (χ2v) is 10.2. The van der Waals surface area contributed by atoms with Gasteiger partial charge in [-0.3, -0.25) is 9.59 Å². The Morgan fingerprint density at radius 2 is 1.37 bits per heavy atom. The fourth-order valence-corrected chi connectivity index (χ4v) is 5.43. The zero-order valence-corrected chi connectivity index (χ0v) is 21.0. The van der Waals surface area contributed by atoms with Crippen molar-refractivity contribution in [3.8, 4) is 0 Å². The molecule has 5 heteroatoms. The summed E-state index contributed by atoms with van der Waals surface area (Å²) in [5.41, 5.74) is 2.08. The van der Waals surface area contributed by atoms with Crippen LogP contribution in [0, 0.1) is 0 Å². The summed E-state index contributed by atoms with van der Waals surface area (Å²) < 4.78 is 0. The van der Waals surface area contributed by atoms with E-state index >= 15 is 0 Å². The van der Waals surface area contributed by atoms with Crippen LogP contribution in [0.1, 0.15) is 43.2 Å². The van der Waals surface area contributed by atoms with E-state index < -0.39 is 6.04 Å². The van der Waals surface area contributed by atoms with Crippen molar-refractivity contribution in [1.29, 1.82) is 0 Å². The van der Waals surface area contributed by atoms with E-state index in [4.69, 9.17) is 0 Å². The maximum absolute atomic E-state index is 13.7. The lowest BCUT2D eigenvalue weighted by Crippen LogP contribution is -2.53. The standard InChI is InChI=1S/C30H34N2O2S/c33-29(23-35-27-19-11-4-12-20-27)32(22-25-15-7-2-8-16-25)28(21-24-13-5-1-6-14-24)30(34)31-26-17-9-3-10-18-26/h1-2,4-8,11-16,19-20,26,28H,3,9-10,17-18,21-23H2,(H,31,34). The fraction of sp³-hybridized carbons (Fsp3) is 0.333. The SMILES string of the molecule is O=C(NC1CCCCC1)C(Cc1ccccc1)N(Cc1ccccc1)C(=O)CSc1ccccc1. The molecule has 2 amide bonds. The van der Waals surface area contributed by atoms with E-state index in [2.05, 4.69) is 5.32 Å². The quantitative estimate of drug-likeness (QED) is 0.365. The third kappa shape index (κ3) is 7.72. The van der Waals surface area contributed by atoms with Crippen LogP contribution in [-0.2, 0) is 22.6 Å². The first-order chi connectivity index (χ1) is 17.2. The zero-order valence-electron chi connectivity index (χ0n) is 20.1. The summed E-state index contributed by atoms with van der Waals surface area (Å²) in [4.78, 5) is 30.2. The van der Waals surface area contributed by atoms with E-state index in [0.29, 0.717) is 18.7 Å². The molecular formula is C30H34N2O2S. The third-order valence-corrected chi connectivity index (χ3v) is 7.52. The van der Waals surface area contributed by atoms with Crippen molar-refractivity contribution in [2.45, 2.75) is 62.0 Å². The van der Waals surface area contributed by atoms with Gasteiger partial charge in [0.25, 0.3) is 0 Å². The molecule has 3 aromatic carbocycles. The summed E-state index contributed by atoms with van der Waals surface area (Å²) in [7, 11) is 0. The molecule has 0 bridgehead atoms. The number of nitrogens with one attached hydrogen (secondary N) is 1. The molecule has 4 nitrogen and oxygen atoms in total. The normalized spacial score (nSPS) is 14.7. The molecule has 0 aliphatic heterocycles. The van der Waals surface area contributed by atoms with Crippen molar-refractivity contribution >= 4 is 23.6 Å². The number of amides is 2. The molecule has 1 aliphatic carbocycles. The minimum absolute atomic E-state index is 0.0255. The molecule has 0 spiro atoms. The van der Waals surface area contributed by atoms with Gasteiger partial charge in [-0.15, -0.1) is 11.8 Å². The van der Waals surface area contributed by atoms with Crippen molar-refractivity contribution in [3.05, 3.63) is 102 Å². The predicted molar refractivity (Wildman–Crippen MR) is 143 cm³/mol. The molecule has 1 fully saturated rings. The Kier molecular flexibility index (Phi) is 9.41. The Balaban J connectivity index is 1.58. The van der Waals surface area contributed by atoms with Crippen LogP contribution in [0.5, 0.6) is 0 Å². The predicted octanol–water partition coefficient (Wildman–Crippen LogP) is 5.87. The number of benzene rings is 3. The highest BCUT2D eigenvalue weighted by atomic mass is 32.2. The number of nitrogens with zero attached hydrogens (tertiary/aromatic N) is 1. The van der Waals surface area contributed by atoms with Gasteiger partial charge in [-0.25, -0.2) is 0 Å². The van der Waals surface area contributed by atoms with Gasteiger partial charge in [0.2, 0.25) is 11.8 Å². The number of rotatable bonds is 10. The van der Waals surface area contributed by atoms with Crippen molar-refractivity contribution in [2.24, 2.45) is 0 Å². The molecular weight excluding hydrogens is 452 g/mol. The molecule has 1 atom stereocenters. The van der Waals surface area contributed by atoms with Gasteiger partial charge in [0, 0.05) is 23.9 Å². The molecule has 0 saturated heterocycles. The van der Waals surface area contributed by atoms with Crippen LogP contribution in [0.4, 0.5) is 0 Å². The summed E-state index contributed by atoms with van der Waals surface area (Å²) in [6, 6.07) is 29.5. The Bertz CT molecular complexity index is 1050. The summed E-state index contributed by atoms with van der Waals surface area (Å²) in [6.45, 7) is 0.407. The minimum Gasteiger partial charge on any atom is -0.352 e. The second-order valence-electron chi connectivity index (χ2n) is 9.16. The van der Waals surface area contributed by atoms with Crippen molar-refractivity contribution < 1.29 is 9.59 Å². The van der Waals surface area contributed by atoms with Gasteiger partial charge >= 0.3 is 0 Å². The summed E-state index contributed by atoms with van der Waals surface area (Å²) in [5.74, 6) is 0.218. The number of carbonyl (C=O) groups excluding carboxylic acids is 2. The lowest BCUT2D eigenvalue weighted by molar-refractivity contribution is -0.139. The first-order valence-electron chi connectivity index (χ1n) is 12.5. The number of hydrogen-bond donors (Lipinski definition) is 1. The molecule has 4 rings (SSSR count). The summed E-state index contributed by atoms with van der Waals surface area (Å²) in [5, 5.41) is 3.29. The highest BCUT2D eigenvalue weighted by Crippen LogP contribution is 2.22. The maximum atomic E-state index is 13.7. The van der Waals surface area contributed by atoms with E-state index in [1.54, 1.807) is 4.90 Å². The van der Waals surface area contributed by atoms with Gasteiger partial charge in [0.15, 0.2) is 0 Å². The monoisotopic (exact) mass is 486 g/mol. The molecule has 1 aliphatic rings. The molecule has 0 aromatic heterocycles. The molecule has 1 N–H and O–H groups in total. The topological polar surface area (TPSA) is 49.4 Å². The molecule has 0 radical (unpaired) electrons. The summed E-state index contributed by atoms with van der Waals surface area (Å²) >= 11 is 1.52. The molecule has 3 aromatic rings. The van der Waals surface area contributed by atoms with Crippen molar-refractivity contribution in [1.82, 2.24) is 10.2 Å². The highest BCUT2D eigenvalue weighted by Gasteiger charge is 2.31. The van der Waals surface area contributed by atoms with Gasteiger partial charge in [-0.2, -0.15) is 0 Å². The van der Waals surface area contributed by atoms with E-state index in [0.717, 1.165) is 41.7 Å². The lowest BCUT2D eigenvalue weighted by atomic mass is 9.94. The van der Waals surface area contributed by atoms with Crippen LogP contribution >= 0.6 is 11.8 Å². The smallest absolute Gasteiger partial charge is 0.243 e. The van der Waals surface area contributed by atoms with Crippen LogP contribution in [0.25, 0.3) is 0 Å². The fourth-order valence-electron chi connectivity index (χ4n) is 4.62. The number of thioether (sulfide) groups is 1. The van der Waals surface area contributed by atoms with E-state index in [1.165, 1.54) is 18.2 Å². The van der Waals surface area contributed by atoms with E-state index in [9.17, 15) is 9.59 Å². The Morgan fingerprint density at radius 1 is 0.800 bits per heavy atom. The minimum atomic E-state index is -0.566. The van der Waals surface area contributed by atoms with Gasteiger partial charge in [0.1, 0.15) is 6.04 Å². The third-order valence-electron chi connectivity index (χ3n) is 6.52. The van der Waals surface area contributed by atoms with E-state index in [1.807, 2.05) is 91.0 Å². The van der Waals surface area contributed by atoms with Crippen molar-refractivity contribution in [3.63, 3.8) is 0 Å². The van der Waals surface area contributed by atoms with Crippen LogP contribution in [0.15, 0.2) is 95.9 Å². The second kappa shape index (κ2) is 13.1. The van der Waals surface area contributed by atoms with Crippen molar-refractivity contribution in [2.75, 3.05) is 5.75 Å². The lowest BCUT2D eigenvalue weighted by Gasteiger charge is -2.33. The average molecular weight is 487 g/mol. The van der Waals surface area contributed by atoms with Crippen LogP contribution in [-0.4, -0.2) is 34.6 Å². The molecule has 182 valence electrons. The Labute approximate surface area is 213 Å². The van der Waals surface area contributed by atoms with Crippen LogP contribution in [0.2, 0.25) is 0 Å². The van der Waals surface area contributed by atoms with Crippen LogP contribution in [0.3, 0.4) is 0 Å². The molecule has 0 heterocycles. The number of carbonyl (C=O) groups is 2. The van der Waals surface area contributed by atoms with E-state index in [-0.39, 0.29) is 17.9 Å². The number of hydrogen-bond acceptors (Lipinski definition) is 3. The Hall–Kier alpha value is -3.05. The highest BCUT2D eigenvalue weighted by molar-refractivity contribution is 8.00. The average Bonchev–Trinajstić information content (AvgIpc) is 2.91. The van der Waals surface area contributed by atoms with Crippen LogP contribution < -0.4 is 5.32 Å². The maximum Gasteiger partial charge on any atom is 0.243 e. The summed E-state index contributed by atoms with van der Waals surface area (Å²) in [6.07, 6.45) is 6.05. The largest absolute Gasteiger partial charge is 0.352 e. The zero-order chi connectivity index (χ0) is 24.3. The first-order valence-corrected chi connectivity index (χ1v) is 13.5. The van der Waals surface area contributed by atoms with Gasteiger partial charge in [0.05, 0.1) is 5.75 Å². The first kappa shape index (κ1) is 25.1. The molecule has 1 unspecified atom stereocenters. The van der Waals surface area contributed by atoms with Gasteiger partial charge in [-0.1, -0.05) is 98.1 Å². The molecule has 1 saturated carbocycles. The van der Waals surface area contributed by atoms with Gasteiger partial charge in [-0.05, 0) is 36.1 Å². The Morgan fingerprint density at radius 3 is 2.00 bits per heavy atom.